The van der Waals surface area contributed by atoms with Crippen LogP contribution in [0.3, 0.4) is 0 Å². The number of alkyl halides is 4. The summed E-state index contributed by atoms with van der Waals surface area (Å²) in [6, 6.07) is 5.29. The monoisotopic (exact) mass is 485 g/mol. The lowest BCUT2D eigenvalue weighted by molar-refractivity contribution is -0.192. The summed E-state index contributed by atoms with van der Waals surface area (Å²) in [6.45, 7) is 3.36. The Hall–Kier alpha value is -3.51. The van der Waals surface area contributed by atoms with Gasteiger partial charge in [0.15, 0.2) is 0 Å². The summed E-state index contributed by atoms with van der Waals surface area (Å²) in [6.07, 6.45) is -1.90. The third kappa shape index (κ3) is 5.88. The molecule has 2 amide bonds. The number of aromatic nitrogens is 3. The van der Waals surface area contributed by atoms with Crippen LogP contribution in [0.2, 0.25) is 0 Å². The predicted molar refractivity (Wildman–Crippen MR) is 109 cm³/mol. The number of imidazole rings is 1. The fraction of sp³-hybridized carbons (Fsp3) is 0.476. The van der Waals surface area contributed by atoms with Gasteiger partial charge in [-0.15, -0.1) is 0 Å². The second-order valence-electron chi connectivity index (χ2n) is 7.96. The minimum Gasteiger partial charge on any atom is -0.475 e. The Labute approximate surface area is 191 Å². The van der Waals surface area contributed by atoms with Gasteiger partial charge in [-0.1, -0.05) is 6.07 Å². The summed E-state index contributed by atoms with van der Waals surface area (Å²) in [5.41, 5.74) is 1.10. The summed E-state index contributed by atoms with van der Waals surface area (Å²) in [4.78, 5) is 44.3. The number of carboxylic acid groups (broad SMARTS) is 1. The Bertz CT molecular complexity index is 1040. The number of nitrogens with one attached hydrogen (secondary N) is 1. The van der Waals surface area contributed by atoms with Crippen molar-refractivity contribution in [2.45, 2.75) is 51.2 Å². The van der Waals surface area contributed by atoms with Crippen LogP contribution in [-0.4, -0.2) is 61.2 Å². The van der Waals surface area contributed by atoms with E-state index in [1.165, 1.54) is 0 Å². The normalized spacial score (nSPS) is 21.4. The highest BCUT2D eigenvalue weighted by Crippen LogP contribution is 2.35. The lowest BCUT2D eigenvalue weighted by Gasteiger charge is -2.39. The van der Waals surface area contributed by atoms with Crippen LogP contribution in [0.4, 0.5) is 17.6 Å². The molecule has 2 aromatic heterocycles. The number of halogens is 4. The first kappa shape index (κ1) is 25.1. The number of fused-ring (bicyclic) bond motifs is 1. The predicted octanol–water partition coefficient (Wildman–Crippen LogP) is 2.49. The zero-order valence-electron chi connectivity index (χ0n) is 18.1. The van der Waals surface area contributed by atoms with E-state index in [4.69, 9.17) is 9.90 Å². The second kappa shape index (κ2) is 10.2. The minimum atomic E-state index is -5.08. The first-order chi connectivity index (χ1) is 16.0. The van der Waals surface area contributed by atoms with Crippen molar-refractivity contribution in [1.82, 2.24) is 24.8 Å². The average Bonchev–Trinajstić information content (AvgIpc) is 3.21. The topological polar surface area (TPSA) is 117 Å². The number of nitrogens with zero attached hydrogens (tertiary/aromatic N) is 4. The highest BCUT2D eigenvalue weighted by molar-refractivity contribution is 5.92. The summed E-state index contributed by atoms with van der Waals surface area (Å²) < 4.78 is 46.7. The molecule has 1 aliphatic carbocycles. The summed E-state index contributed by atoms with van der Waals surface area (Å²) in [5, 5.41) is 9.94. The third-order valence-electron chi connectivity index (χ3n) is 5.57. The van der Waals surface area contributed by atoms with Gasteiger partial charge in [0.25, 0.3) is 5.91 Å². The molecule has 1 aliphatic heterocycles. The molecule has 184 valence electrons. The van der Waals surface area contributed by atoms with Gasteiger partial charge >= 0.3 is 12.1 Å². The van der Waals surface area contributed by atoms with Gasteiger partial charge in [0.2, 0.25) is 5.91 Å². The minimum absolute atomic E-state index is 0.00759. The first-order valence-electron chi connectivity index (χ1n) is 10.5. The number of aliphatic carboxylic acids is 1. The van der Waals surface area contributed by atoms with E-state index < -0.39 is 18.3 Å². The SMILES string of the molecule is CC1c2nc(C(=O)NCc3ccccn3)cn2CCN1C(=O)C1CC(F)C1.O=C(O)C(F)(F)F. The van der Waals surface area contributed by atoms with E-state index in [1.807, 2.05) is 29.7 Å². The smallest absolute Gasteiger partial charge is 0.475 e. The fourth-order valence-corrected chi connectivity index (χ4v) is 3.65. The summed E-state index contributed by atoms with van der Waals surface area (Å²) in [5.74, 6) is -2.56. The van der Waals surface area contributed by atoms with Crippen LogP contribution >= 0.6 is 0 Å². The molecule has 1 saturated carbocycles. The van der Waals surface area contributed by atoms with E-state index in [0.717, 1.165) is 5.69 Å². The number of hydrogen-bond acceptors (Lipinski definition) is 5. The molecule has 13 heteroatoms. The first-order valence-corrected chi connectivity index (χ1v) is 10.5. The maximum Gasteiger partial charge on any atom is 0.490 e. The zero-order chi connectivity index (χ0) is 25.0. The molecule has 2 N–H and O–H groups in total. The number of hydrogen-bond donors (Lipinski definition) is 2. The number of carbonyl (C=O) groups is 3. The number of carboxylic acids is 1. The molecule has 9 nitrogen and oxygen atoms in total. The molecular weight excluding hydrogens is 462 g/mol. The molecular formula is C21H23F4N5O4. The molecule has 1 unspecified atom stereocenters. The van der Waals surface area contributed by atoms with Gasteiger partial charge in [-0.2, -0.15) is 13.2 Å². The maximum atomic E-state index is 13.1. The zero-order valence-corrected chi connectivity index (χ0v) is 18.1. The molecule has 0 aromatic carbocycles. The van der Waals surface area contributed by atoms with E-state index in [9.17, 15) is 27.2 Å². The lowest BCUT2D eigenvalue weighted by atomic mass is 9.82. The standard InChI is InChI=1S/C19H22FN5O2.C2HF3O2/c1-12-17-23-16(18(26)22-10-15-4-2-3-5-21-15)11-24(17)6-7-25(12)19(27)13-8-14(20)9-13;3-2(4,5)1(6)7/h2-5,11-14H,6-10H2,1H3,(H,22,26);(H,6,7). The molecule has 0 spiro atoms. The Morgan fingerprint density at radius 1 is 1.21 bits per heavy atom. The van der Waals surface area contributed by atoms with Crippen LogP contribution in [0.5, 0.6) is 0 Å². The number of rotatable bonds is 4. The van der Waals surface area contributed by atoms with E-state index in [0.29, 0.717) is 44.0 Å². The van der Waals surface area contributed by atoms with Gasteiger partial charge in [0, 0.05) is 31.4 Å². The molecule has 34 heavy (non-hydrogen) atoms. The second-order valence-corrected chi connectivity index (χ2v) is 7.96. The molecule has 0 radical (unpaired) electrons. The number of amides is 2. The largest absolute Gasteiger partial charge is 0.490 e. The quantitative estimate of drug-likeness (QED) is 0.643. The van der Waals surface area contributed by atoms with Crippen LogP contribution in [0, 0.1) is 5.92 Å². The Balaban J connectivity index is 0.000000406. The van der Waals surface area contributed by atoms with Gasteiger partial charge in [-0.05, 0) is 31.9 Å². The molecule has 2 aromatic rings. The van der Waals surface area contributed by atoms with Gasteiger partial charge in [-0.25, -0.2) is 14.2 Å². The summed E-state index contributed by atoms with van der Waals surface area (Å²) in [7, 11) is 0. The van der Waals surface area contributed by atoms with Crippen LogP contribution in [-0.2, 0) is 22.7 Å². The molecule has 1 atom stereocenters. The van der Waals surface area contributed by atoms with E-state index in [1.54, 1.807) is 17.3 Å². The Morgan fingerprint density at radius 3 is 2.44 bits per heavy atom. The average molecular weight is 485 g/mol. The number of pyridine rings is 1. The highest BCUT2D eigenvalue weighted by Gasteiger charge is 2.40. The molecule has 2 aliphatic rings. The van der Waals surface area contributed by atoms with Crippen LogP contribution in [0.1, 0.15) is 47.8 Å². The molecule has 0 saturated heterocycles. The molecule has 0 bridgehead atoms. The van der Waals surface area contributed by atoms with E-state index >= 15 is 0 Å². The summed E-state index contributed by atoms with van der Waals surface area (Å²) >= 11 is 0. The Kier molecular flexibility index (Phi) is 7.52. The van der Waals surface area contributed by atoms with Crippen molar-refractivity contribution in [3.8, 4) is 0 Å². The molecule has 1 fully saturated rings. The van der Waals surface area contributed by atoms with Crippen molar-refractivity contribution < 1.29 is 37.1 Å². The van der Waals surface area contributed by atoms with Crippen LogP contribution < -0.4 is 5.32 Å². The van der Waals surface area contributed by atoms with Crippen LogP contribution in [0.25, 0.3) is 0 Å². The fourth-order valence-electron chi connectivity index (χ4n) is 3.65. The van der Waals surface area contributed by atoms with Crippen molar-refractivity contribution >= 4 is 17.8 Å². The highest BCUT2D eigenvalue weighted by atomic mass is 19.4. The van der Waals surface area contributed by atoms with Crippen molar-refractivity contribution in [3.05, 3.63) is 47.8 Å². The maximum absolute atomic E-state index is 13.1. The van der Waals surface area contributed by atoms with Crippen molar-refractivity contribution in [3.63, 3.8) is 0 Å². The third-order valence-corrected chi connectivity index (χ3v) is 5.57. The molecule has 4 rings (SSSR count). The number of carbonyl (C=O) groups excluding carboxylic acids is 2. The van der Waals surface area contributed by atoms with Gasteiger partial charge in [0.1, 0.15) is 17.7 Å². The van der Waals surface area contributed by atoms with Gasteiger partial charge in [-0.3, -0.25) is 14.6 Å². The van der Waals surface area contributed by atoms with Crippen molar-refractivity contribution in [1.29, 1.82) is 0 Å². The van der Waals surface area contributed by atoms with Crippen LogP contribution in [0.15, 0.2) is 30.6 Å². The molecule has 3 heterocycles. The van der Waals surface area contributed by atoms with E-state index in [2.05, 4.69) is 15.3 Å². The lowest BCUT2D eigenvalue weighted by Crippen LogP contribution is -2.47. The van der Waals surface area contributed by atoms with Crippen molar-refractivity contribution in [2.75, 3.05) is 6.54 Å². The van der Waals surface area contributed by atoms with Gasteiger partial charge < -0.3 is 19.9 Å². The Morgan fingerprint density at radius 2 is 1.88 bits per heavy atom. The van der Waals surface area contributed by atoms with Gasteiger partial charge in [0.05, 0.1) is 18.3 Å². The van der Waals surface area contributed by atoms with Crippen molar-refractivity contribution in [2.24, 2.45) is 5.92 Å². The van der Waals surface area contributed by atoms with E-state index in [-0.39, 0.29) is 23.8 Å².